The van der Waals surface area contributed by atoms with Crippen molar-refractivity contribution in [3.8, 4) is 5.75 Å². The molecule has 0 heterocycles. The minimum atomic E-state index is -0.331. The number of rotatable bonds is 10. The van der Waals surface area contributed by atoms with E-state index < -0.39 is 0 Å². The van der Waals surface area contributed by atoms with Gasteiger partial charge in [0.15, 0.2) is 5.11 Å². The quantitative estimate of drug-likeness (QED) is 0.396. The van der Waals surface area contributed by atoms with Crippen LogP contribution in [0.4, 0.5) is 5.69 Å². The van der Waals surface area contributed by atoms with E-state index in [-0.39, 0.29) is 16.9 Å². The van der Waals surface area contributed by atoms with Crippen molar-refractivity contribution in [3.63, 3.8) is 0 Å². The first-order valence-corrected chi connectivity index (χ1v) is 10.2. The van der Waals surface area contributed by atoms with E-state index in [9.17, 15) is 9.59 Å². The van der Waals surface area contributed by atoms with Crippen LogP contribution in [0, 0.1) is 0 Å². The molecule has 0 saturated carbocycles. The van der Waals surface area contributed by atoms with E-state index in [0.29, 0.717) is 42.3 Å². The van der Waals surface area contributed by atoms with Crippen molar-refractivity contribution in [2.75, 3.05) is 32.2 Å². The van der Waals surface area contributed by atoms with Crippen molar-refractivity contribution in [1.82, 2.24) is 10.6 Å². The second-order valence-corrected chi connectivity index (χ2v) is 6.87. The average molecular weight is 430 g/mol. The number of carbonyl (C=O) groups is 2. The fraction of sp³-hybridized carbons (Fsp3) is 0.318. The van der Waals surface area contributed by atoms with Gasteiger partial charge in [-0.15, -0.1) is 0 Å². The molecule has 0 atom stereocenters. The number of unbranched alkanes of at least 4 members (excludes halogenated alkanes) is 1. The normalized spacial score (nSPS) is 10.2. The Morgan fingerprint density at radius 1 is 1.00 bits per heavy atom. The minimum absolute atomic E-state index is 0.162. The lowest BCUT2D eigenvalue weighted by atomic mass is 10.2. The zero-order chi connectivity index (χ0) is 21.8. The van der Waals surface area contributed by atoms with Crippen LogP contribution in [0.1, 0.15) is 40.5 Å². The predicted octanol–water partition coefficient (Wildman–Crippen LogP) is 3.37. The Morgan fingerprint density at radius 3 is 2.47 bits per heavy atom. The SMILES string of the molecule is CCCCOc1cccc(C(=O)NC(=S)Nc2ccc(C(=O)NCCOC)cc2)c1. The van der Waals surface area contributed by atoms with Crippen LogP contribution in [0.25, 0.3) is 0 Å². The first kappa shape index (κ1) is 23.3. The van der Waals surface area contributed by atoms with Gasteiger partial charge in [0.2, 0.25) is 0 Å². The topological polar surface area (TPSA) is 88.7 Å². The summed E-state index contributed by atoms with van der Waals surface area (Å²) < 4.78 is 10.5. The fourth-order valence-electron chi connectivity index (χ4n) is 2.47. The van der Waals surface area contributed by atoms with Crippen LogP contribution in [-0.2, 0) is 4.74 Å². The highest BCUT2D eigenvalue weighted by Crippen LogP contribution is 2.14. The number of hydrogen-bond donors (Lipinski definition) is 3. The summed E-state index contributed by atoms with van der Waals surface area (Å²) in [4.78, 5) is 24.4. The van der Waals surface area contributed by atoms with Gasteiger partial charge in [0.05, 0.1) is 13.2 Å². The first-order chi connectivity index (χ1) is 14.5. The van der Waals surface area contributed by atoms with Gasteiger partial charge in [-0.2, -0.15) is 0 Å². The van der Waals surface area contributed by atoms with Gasteiger partial charge in [-0.05, 0) is 61.1 Å². The first-order valence-electron chi connectivity index (χ1n) is 9.76. The number of hydrogen-bond acceptors (Lipinski definition) is 5. The van der Waals surface area contributed by atoms with E-state index >= 15 is 0 Å². The molecule has 2 aromatic carbocycles. The molecule has 8 heteroatoms. The Morgan fingerprint density at radius 2 is 1.77 bits per heavy atom. The molecule has 0 radical (unpaired) electrons. The molecule has 3 N–H and O–H groups in total. The molecule has 0 aliphatic carbocycles. The lowest BCUT2D eigenvalue weighted by Crippen LogP contribution is -2.34. The summed E-state index contributed by atoms with van der Waals surface area (Å²) in [6, 6.07) is 13.7. The lowest BCUT2D eigenvalue weighted by Gasteiger charge is -2.11. The third kappa shape index (κ3) is 7.81. The van der Waals surface area contributed by atoms with Crippen molar-refractivity contribution in [2.24, 2.45) is 0 Å². The number of anilines is 1. The van der Waals surface area contributed by atoms with Crippen LogP contribution in [-0.4, -0.2) is 43.8 Å². The van der Waals surface area contributed by atoms with Crippen molar-refractivity contribution in [3.05, 3.63) is 59.7 Å². The van der Waals surface area contributed by atoms with Gasteiger partial charge < -0.3 is 20.1 Å². The molecular formula is C22H27N3O4S. The van der Waals surface area contributed by atoms with Gasteiger partial charge in [-0.3, -0.25) is 14.9 Å². The van der Waals surface area contributed by atoms with Crippen LogP contribution in [0.3, 0.4) is 0 Å². The molecule has 30 heavy (non-hydrogen) atoms. The number of thiocarbonyl (C=S) groups is 1. The Labute approximate surface area is 182 Å². The van der Waals surface area contributed by atoms with Gasteiger partial charge >= 0.3 is 0 Å². The number of methoxy groups -OCH3 is 1. The largest absolute Gasteiger partial charge is 0.494 e. The minimum Gasteiger partial charge on any atom is -0.494 e. The Kier molecular flexibility index (Phi) is 9.76. The summed E-state index contributed by atoms with van der Waals surface area (Å²) in [6.07, 6.45) is 2.00. The maximum absolute atomic E-state index is 12.4. The maximum Gasteiger partial charge on any atom is 0.257 e. The molecule has 2 amide bonds. The standard InChI is InChI=1S/C22H27N3O4S/c1-3-4-13-29-19-7-5-6-17(15-19)21(27)25-22(30)24-18-10-8-16(9-11-18)20(26)23-12-14-28-2/h5-11,15H,3-4,12-14H2,1-2H3,(H,23,26)(H2,24,25,27,30). The third-order valence-electron chi connectivity index (χ3n) is 4.09. The van der Waals surface area contributed by atoms with E-state index in [4.69, 9.17) is 21.7 Å². The highest BCUT2D eigenvalue weighted by atomic mass is 32.1. The van der Waals surface area contributed by atoms with Crippen molar-refractivity contribution < 1.29 is 19.1 Å². The number of ether oxygens (including phenoxy) is 2. The van der Waals surface area contributed by atoms with E-state index in [2.05, 4.69) is 22.9 Å². The fourth-order valence-corrected chi connectivity index (χ4v) is 2.68. The van der Waals surface area contributed by atoms with Crippen LogP contribution >= 0.6 is 12.2 Å². The molecule has 0 unspecified atom stereocenters. The van der Waals surface area contributed by atoms with Gasteiger partial charge in [0.1, 0.15) is 5.75 Å². The van der Waals surface area contributed by atoms with Crippen LogP contribution in [0.2, 0.25) is 0 Å². The molecule has 160 valence electrons. The number of amides is 2. The molecular weight excluding hydrogens is 402 g/mol. The lowest BCUT2D eigenvalue weighted by molar-refractivity contribution is 0.0935. The molecule has 0 aliphatic rings. The van der Waals surface area contributed by atoms with Gasteiger partial charge in [-0.1, -0.05) is 19.4 Å². The second-order valence-electron chi connectivity index (χ2n) is 6.46. The van der Waals surface area contributed by atoms with Crippen LogP contribution in [0.15, 0.2) is 48.5 Å². The van der Waals surface area contributed by atoms with E-state index in [1.165, 1.54) is 0 Å². The molecule has 0 aliphatic heterocycles. The zero-order valence-electron chi connectivity index (χ0n) is 17.2. The summed E-state index contributed by atoms with van der Waals surface area (Å²) in [7, 11) is 1.58. The summed E-state index contributed by atoms with van der Waals surface area (Å²) in [5, 5.41) is 8.49. The van der Waals surface area contributed by atoms with Gasteiger partial charge in [-0.25, -0.2) is 0 Å². The summed E-state index contributed by atoms with van der Waals surface area (Å²) >= 11 is 5.22. The molecule has 2 rings (SSSR count). The summed E-state index contributed by atoms with van der Waals surface area (Å²) in [6.45, 7) is 3.60. The molecule has 0 spiro atoms. The van der Waals surface area contributed by atoms with E-state index in [0.717, 1.165) is 12.8 Å². The third-order valence-corrected chi connectivity index (χ3v) is 4.29. The molecule has 0 fully saturated rings. The smallest absolute Gasteiger partial charge is 0.257 e. The molecule has 7 nitrogen and oxygen atoms in total. The molecule has 0 saturated heterocycles. The number of nitrogens with one attached hydrogen (secondary N) is 3. The second kappa shape index (κ2) is 12.6. The number of benzene rings is 2. The van der Waals surface area contributed by atoms with E-state index in [1.54, 1.807) is 49.6 Å². The zero-order valence-corrected chi connectivity index (χ0v) is 18.0. The summed E-state index contributed by atoms with van der Waals surface area (Å²) in [5.74, 6) is 0.132. The molecule has 0 aromatic heterocycles. The Hall–Kier alpha value is -2.97. The maximum atomic E-state index is 12.4. The van der Waals surface area contributed by atoms with Crippen molar-refractivity contribution >= 4 is 34.8 Å². The summed E-state index contributed by atoms with van der Waals surface area (Å²) in [5.41, 5.74) is 1.63. The highest BCUT2D eigenvalue weighted by Gasteiger charge is 2.10. The van der Waals surface area contributed by atoms with Crippen LogP contribution in [0.5, 0.6) is 5.75 Å². The monoisotopic (exact) mass is 429 g/mol. The van der Waals surface area contributed by atoms with Crippen molar-refractivity contribution in [1.29, 1.82) is 0 Å². The van der Waals surface area contributed by atoms with E-state index in [1.807, 2.05) is 6.07 Å². The number of carbonyl (C=O) groups excluding carboxylic acids is 2. The van der Waals surface area contributed by atoms with Gasteiger partial charge in [0, 0.05) is 30.5 Å². The Balaban J connectivity index is 1.87. The van der Waals surface area contributed by atoms with Crippen molar-refractivity contribution in [2.45, 2.75) is 19.8 Å². The van der Waals surface area contributed by atoms with Gasteiger partial charge in [0.25, 0.3) is 11.8 Å². The highest BCUT2D eigenvalue weighted by molar-refractivity contribution is 7.80. The van der Waals surface area contributed by atoms with Crippen LogP contribution < -0.4 is 20.7 Å². The molecule has 2 aromatic rings. The molecule has 0 bridgehead atoms. The Bertz CT molecular complexity index is 856. The average Bonchev–Trinajstić information content (AvgIpc) is 2.74. The predicted molar refractivity (Wildman–Crippen MR) is 121 cm³/mol.